The molecule has 7 nitrogen and oxygen atoms in total. The summed E-state index contributed by atoms with van der Waals surface area (Å²) in [6.45, 7) is 3.51. The van der Waals surface area contributed by atoms with Crippen LogP contribution >= 0.6 is 0 Å². The Balaban J connectivity index is 2.90. The third kappa shape index (κ3) is 4.06. The molecule has 0 fully saturated rings. The Morgan fingerprint density at radius 2 is 2.26 bits per heavy atom. The zero-order chi connectivity index (χ0) is 14.4. The highest BCUT2D eigenvalue weighted by molar-refractivity contribution is 5.81. The number of allylic oxidation sites excluding steroid dienone is 1. The van der Waals surface area contributed by atoms with Crippen LogP contribution in [-0.2, 0) is 16.1 Å². The summed E-state index contributed by atoms with van der Waals surface area (Å²) in [7, 11) is 0. The fourth-order valence-corrected chi connectivity index (χ4v) is 1.44. The first kappa shape index (κ1) is 14.6. The van der Waals surface area contributed by atoms with Crippen LogP contribution in [0.5, 0.6) is 0 Å². The van der Waals surface area contributed by atoms with Crippen molar-refractivity contribution < 1.29 is 14.5 Å². The lowest BCUT2D eigenvalue weighted by Crippen LogP contribution is -2.19. The lowest BCUT2D eigenvalue weighted by molar-refractivity contribution is -0.385. The molecule has 1 aromatic rings. The number of carbonyl (C=O) groups excluding carboxylic acids is 1. The third-order valence-corrected chi connectivity index (χ3v) is 2.34. The second kappa shape index (κ2) is 6.48. The van der Waals surface area contributed by atoms with Crippen molar-refractivity contribution in [1.82, 2.24) is 4.57 Å². The Hall–Kier alpha value is -2.44. The third-order valence-electron chi connectivity index (χ3n) is 2.34. The number of aryl methyl sites for hydroxylation is 1. The van der Waals surface area contributed by atoms with Crippen LogP contribution in [0.3, 0.4) is 0 Å². The summed E-state index contributed by atoms with van der Waals surface area (Å²) >= 11 is 0. The van der Waals surface area contributed by atoms with Crippen LogP contribution < -0.4 is 5.56 Å². The molecule has 0 N–H and O–H groups in total. The number of carbonyl (C=O) groups is 1. The van der Waals surface area contributed by atoms with E-state index < -0.39 is 10.9 Å². The van der Waals surface area contributed by atoms with Gasteiger partial charge in [0.25, 0.3) is 11.2 Å². The van der Waals surface area contributed by atoms with Gasteiger partial charge in [-0.2, -0.15) is 0 Å². The van der Waals surface area contributed by atoms with Crippen molar-refractivity contribution in [2.24, 2.45) is 0 Å². The Morgan fingerprint density at radius 1 is 1.58 bits per heavy atom. The number of hydrogen-bond acceptors (Lipinski definition) is 5. The molecule has 0 unspecified atom stereocenters. The standard InChI is InChI=1S/C12H14N2O5/c1-3-19-12(16)5-4-6-13-8-10(14(17)18)9(2)7-11(13)15/h4-5,7-8H,3,6H2,1-2H3/b5-4+. The molecule has 1 rings (SSSR count). The average molecular weight is 266 g/mol. The molecule has 0 radical (unpaired) electrons. The second-order valence-electron chi connectivity index (χ2n) is 3.74. The maximum atomic E-state index is 11.6. The molecule has 19 heavy (non-hydrogen) atoms. The molecule has 0 saturated carbocycles. The van der Waals surface area contributed by atoms with Gasteiger partial charge in [0.2, 0.25) is 0 Å². The molecule has 0 aliphatic rings. The van der Waals surface area contributed by atoms with Crippen LogP contribution in [0.4, 0.5) is 5.69 Å². The molecule has 0 aliphatic heterocycles. The molecule has 1 aromatic heterocycles. The number of aromatic nitrogens is 1. The summed E-state index contributed by atoms with van der Waals surface area (Å²) in [6.07, 6.45) is 3.76. The number of pyridine rings is 1. The van der Waals surface area contributed by atoms with Gasteiger partial charge >= 0.3 is 5.97 Å². The molecule has 7 heteroatoms. The summed E-state index contributed by atoms with van der Waals surface area (Å²) in [5.74, 6) is -0.517. The molecule has 0 aromatic carbocycles. The SMILES string of the molecule is CCOC(=O)/C=C/Cn1cc([N+](=O)[O-])c(C)cc1=O. The van der Waals surface area contributed by atoms with Crippen molar-refractivity contribution in [3.05, 3.63) is 50.4 Å². The molecule has 0 bridgehead atoms. The summed E-state index contributed by atoms with van der Waals surface area (Å²) in [5, 5.41) is 10.8. The van der Waals surface area contributed by atoms with E-state index in [1.807, 2.05) is 0 Å². The Bertz CT molecular complexity index is 574. The van der Waals surface area contributed by atoms with Crippen LogP contribution in [0.1, 0.15) is 12.5 Å². The predicted octanol–water partition coefficient (Wildman–Crippen LogP) is 1.18. The van der Waals surface area contributed by atoms with Gasteiger partial charge in [-0.05, 0) is 13.8 Å². The first-order chi connectivity index (χ1) is 8.95. The van der Waals surface area contributed by atoms with Crippen molar-refractivity contribution in [3.8, 4) is 0 Å². The van der Waals surface area contributed by atoms with Crippen LogP contribution in [0.25, 0.3) is 0 Å². The summed E-state index contributed by atoms with van der Waals surface area (Å²) < 4.78 is 5.82. The highest BCUT2D eigenvalue weighted by atomic mass is 16.6. The Kier molecular flexibility index (Phi) is 4.99. The summed E-state index contributed by atoms with van der Waals surface area (Å²) in [6, 6.07) is 1.19. The minimum absolute atomic E-state index is 0.0682. The van der Waals surface area contributed by atoms with E-state index in [0.29, 0.717) is 5.56 Å². The van der Waals surface area contributed by atoms with Gasteiger partial charge in [0, 0.05) is 24.3 Å². The van der Waals surface area contributed by atoms with Gasteiger partial charge in [0.15, 0.2) is 0 Å². The zero-order valence-electron chi connectivity index (χ0n) is 10.7. The number of rotatable bonds is 5. The fourth-order valence-electron chi connectivity index (χ4n) is 1.44. The lowest BCUT2D eigenvalue weighted by atomic mass is 10.2. The van der Waals surface area contributed by atoms with E-state index in [9.17, 15) is 19.7 Å². The Labute approximate surface area is 109 Å². The van der Waals surface area contributed by atoms with E-state index in [1.165, 1.54) is 25.1 Å². The number of nitrogens with zero attached hydrogens (tertiary/aromatic N) is 2. The number of hydrogen-bond donors (Lipinski definition) is 0. The van der Waals surface area contributed by atoms with Gasteiger partial charge < -0.3 is 9.30 Å². The van der Waals surface area contributed by atoms with Crippen LogP contribution in [-0.4, -0.2) is 22.1 Å². The maximum absolute atomic E-state index is 11.6. The Morgan fingerprint density at radius 3 is 2.84 bits per heavy atom. The first-order valence-electron chi connectivity index (χ1n) is 5.64. The van der Waals surface area contributed by atoms with Crippen LogP contribution in [0.15, 0.2) is 29.2 Å². The normalized spacial score (nSPS) is 10.6. The zero-order valence-corrected chi connectivity index (χ0v) is 10.7. The van der Waals surface area contributed by atoms with Crippen molar-refractivity contribution in [1.29, 1.82) is 0 Å². The average Bonchev–Trinajstić information content (AvgIpc) is 2.31. The monoisotopic (exact) mass is 266 g/mol. The van der Waals surface area contributed by atoms with Gasteiger partial charge in [0.05, 0.1) is 17.7 Å². The van der Waals surface area contributed by atoms with Crippen LogP contribution in [0.2, 0.25) is 0 Å². The van der Waals surface area contributed by atoms with Gasteiger partial charge in [-0.25, -0.2) is 4.79 Å². The van der Waals surface area contributed by atoms with Gasteiger partial charge in [-0.3, -0.25) is 14.9 Å². The number of ether oxygens (including phenoxy) is 1. The van der Waals surface area contributed by atoms with Gasteiger partial charge in [0.1, 0.15) is 0 Å². The molecule has 0 aliphatic carbocycles. The molecule has 0 saturated heterocycles. The lowest BCUT2D eigenvalue weighted by Gasteiger charge is -2.03. The molecule has 1 heterocycles. The van der Waals surface area contributed by atoms with E-state index >= 15 is 0 Å². The largest absolute Gasteiger partial charge is 0.463 e. The molecular weight excluding hydrogens is 252 g/mol. The smallest absolute Gasteiger partial charge is 0.330 e. The van der Waals surface area contributed by atoms with Gasteiger partial charge in [-0.15, -0.1) is 0 Å². The molecular formula is C12H14N2O5. The highest BCUT2D eigenvalue weighted by Gasteiger charge is 2.12. The van der Waals surface area contributed by atoms with E-state index in [-0.39, 0.29) is 24.4 Å². The van der Waals surface area contributed by atoms with Crippen molar-refractivity contribution in [2.45, 2.75) is 20.4 Å². The minimum Gasteiger partial charge on any atom is -0.463 e. The molecule has 0 atom stereocenters. The van der Waals surface area contributed by atoms with Crippen molar-refractivity contribution >= 4 is 11.7 Å². The van der Waals surface area contributed by atoms with Crippen molar-refractivity contribution in [2.75, 3.05) is 6.61 Å². The minimum atomic E-state index is -0.555. The maximum Gasteiger partial charge on any atom is 0.330 e. The van der Waals surface area contributed by atoms with E-state index in [0.717, 1.165) is 10.8 Å². The van der Waals surface area contributed by atoms with E-state index in [2.05, 4.69) is 4.74 Å². The van der Waals surface area contributed by atoms with Crippen LogP contribution in [0, 0.1) is 17.0 Å². The topological polar surface area (TPSA) is 91.4 Å². The highest BCUT2D eigenvalue weighted by Crippen LogP contribution is 2.13. The molecule has 0 amide bonds. The first-order valence-corrected chi connectivity index (χ1v) is 5.64. The quantitative estimate of drug-likeness (QED) is 0.345. The fraction of sp³-hybridized carbons (Fsp3) is 0.333. The number of esters is 1. The predicted molar refractivity (Wildman–Crippen MR) is 67.9 cm³/mol. The van der Waals surface area contributed by atoms with E-state index in [1.54, 1.807) is 6.92 Å². The molecule has 102 valence electrons. The number of nitro groups is 1. The van der Waals surface area contributed by atoms with Gasteiger partial charge in [-0.1, -0.05) is 6.08 Å². The molecule has 0 spiro atoms. The second-order valence-corrected chi connectivity index (χ2v) is 3.74. The summed E-state index contributed by atoms with van der Waals surface area (Å²) in [5.41, 5.74) is -0.193. The summed E-state index contributed by atoms with van der Waals surface area (Å²) in [4.78, 5) is 32.8. The van der Waals surface area contributed by atoms with Crippen molar-refractivity contribution in [3.63, 3.8) is 0 Å². The van der Waals surface area contributed by atoms with E-state index in [4.69, 9.17) is 0 Å².